The molecule has 32 heavy (non-hydrogen) atoms. The normalized spacial score (nSPS) is 19.8. The van der Waals surface area contributed by atoms with E-state index in [1.807, 2.05) is 0 Å². The molecule has 162 valence electrons. The maximum Gasteiger partial charge on any atom is 0.322 e. The highest BCUT2D eigenvalue weighted by Crippen LogP contribution is 2.34. The number of rotatable bonds is 5. The minimum Gasteiger partial charge on any atom is -0.497 e. The number of nitrogen functional groups attached to an aromatic ring is 1. The molecule has 0 spiro atoms. The summed E-state index contributed by atoms with van der Waals surface area (Å²) in [5.74, 6) is -0.488. The molecular formula is C21H18N6O5. The number of ether oxygens (including phenoxy) is 1. The predicted octanol–water partition coefficient (Wildman–Crippen LogP) is 0.811. The number of carbonyl (C=O) groups excluding carboxylic acids is 3. The molecule has 1 fully saturated rings. The Bertz CT molecular complexity index is 1330. The molecule has 1 aromatic carbocycles. The Hall–Kier alpha value is -4.41. The summed E-state index contributed by atoms with van der Waals surface area (Å²) in [5.41, 5.74) is 6.08. The summed E-state index contributed by atoms with van der Waals surface area (Å²) >= 11 is 0. The smallest absolute Gasteiger partial charge is 0.322 e. The van der Waals surface area contributed by atoms with Crippen molar-refractivity contribution in [3.05, 3.63) is 59.0 Å². The highest BCUT2D eigenvalue weighted by atomic mass is 16.5. The number of urea groups is 1. The number of nitrogens with one attached hydrogen (secondary N) is 3. The van der Waals surface area contributed by atoms with Gasteiger partial charge in [0.15, 0.2) is 11.1 Å². The number of nitrogens with two attached hydrogens (primary N) is 1. The molecule has 0 radical (unpaired) electrons. The van der Waals surface area contributed by atoms with E-state index < -0.39 is 17.5 Å². The highest BCUT2D eigenvalue weighted by Gasteiger charge is 2.53. The van der Waals surface area contributed by atoms with Crippen LogP contribution in [-0.4, -0.2) is 47.2 Å². The van der Waals surface area contributed by atoms with Crippen LogP contribution in [0.15, 0.2) is 40.8 Å². The number of hydrogen-bond acceptors (Lipinski definition) is 7. The van der Waals surface area contributed by atoms with Crippen molar-refractivity contribution in [2.24, 2.45) is 5.73 Å². The maximum atomic E-state index is 13.1. The Morgan fingerprint density at radius 3 is 2.78 bits per heavy atom. The number of carbonyl (C=O) groups is 3. The molecule has 2 aromatic heterocycles. The van der Waals surface area contributed by atoms with Crippen molar-refractivity contribution < 1.29 is 23.5 Å². The Balaban J connectivity index is 1.55. The molecule has 2 aliphatic heterocycles. The van der Waals surface area contributed by atoms with Crippen molar-refractivity contribution in [2.45, 2.75) is 12.1 Å². The van der Waals surface area contributed by atoms with Crippen molar-refractivity contribution in [1.29, 1.82) is 5.41 Å². The Kier molecular flexibility index (Phi) is 4.16. The summed E-state index contributed by atoms with van der Waals surface area (Å²) in [6.07, 6.45) is 0. The topological polar surface area (TPSA) is 164 Å². The van der Waals surface area contributed by atoms with Crippen LogP contribution < -0.4 is 21.1 Å². The molecule has 1 atom stereocenters. The van der Waals surface area contributed by atoms with Gasteiger partial charge in [0.05, 0.1) is 13.7 Å². The monoisotopic (exact) mass is 434 g/mol. The van der Waals surface area contributed by atoms with Crippen LogP contribution in [0, 0.1) is 5.41 Å². The second kappa shape index (κ2) is 6.80. The quantitative estimate of drug-likeness (QED) is 0.262. The van der Waals surface area contributed by atoms with Gasteiger partial charge >= 0.3 is 6.03 Å². The molecule has 4 heterocycles. The third kappa shape index (κ3) is 2.86. The number of aromatic nitrogens is 1. The molecule has 5 rings (SSSR count). The van der Waals surface area contributed by atoms with E-state index >= 15 is 0 Å². The largest absolute Gasteiger partial charge is 0.497 e. The Morgan fingerprint density at radius 2 is 2.09 bits per heavy atom. The third-order valence-electron chi connectivity index (χ3n) is 5.64. The van der Waals surface area contributed by atoms with Crippen molar-refractivity contribution in [3.63, 3.8) is 0 Å². The Morgan fingerprint density at radius 1 is 1.28 bits per heavy atom. The molecule has 3 aromatic rings. The van der Waals surface area contributed by atoms with Crippen LogP contribution in [0.1, 0.15) is 27.4 Å². The fourth-order valence-electron chi connectivity index (χ4n) is 4.02. The first-order valence-corrected chi connectivity index (χ1v) is 9.66. The third-order valence-corrected chi connectivity index (χ3v) is 5.64. The average molecular weight is 434 g/mol. The van der Waals surface area contributed by atoms with Crippen LogP contribution in [-0.2, 0) is 16.9 Å². The van der Waals surface area contributed by atoms with Crippen LogP contribution >= 0.6 is 0 Å². The first kappa shape index (κ1) is 19.5. The fourth-order valence-corrected chi connectivity index (χ4v) is 4.02. The van der Waals surface area contributed by atoms with E-state index in [1.165, 1.54) is 24.1 Å². The van der Waals surface area contributed by atoms with E-state index in [0.717, 1.165) is 5.56 Å². The van der Waals surface area contributed by atoms with E-state index in [1.54, 1.807) is 24.3 Å². The number of methoxy groups -OCH3 is 1. The van der Waals surface area contributed by atoms with Gasteiger partial charge in [-0.25, -0.2) is 9.78 Å². The minimum absolute atomic E-state index is 0.116. The summed E-state index contributed by atoms with van der Waals surface area (Å²) in [6, 6.07) is 9.10. The molecule has 4 amide bonds. The molecule has 2 aliphatic rings. The molecular weight excluding hydrogens is 416 g/mol. The van der Waals surface area contributed by atoms with E-state index in [-0.39, 0.29) is 36.3 Å². The zero-order chi connectivity index (χ0) is 22.6. The molecule has 1 saturated heterocycles. The number of amidine groups is 1. The molecule has 1 unspecified atom stereocenters. The van der Waals surface area contributed by atoms with Gasteiger partial charge < -0.3 is 25.1 Å². The van der Waals surface area contributed by atoms with Gasteiger partial charge in [-0.05, 0) is 29.8 Å². The molecule has 11 heteroatoms. The van der Waals surface area contributed by atoms with Crippen molar-refractivity contribution in [2.75, 3.05) is 13.7 Å². The lowest BCUT2D eigenvalue weighted by atomic mass is 9.95. The number of fused-ring (bicyclic) bond motifs is 2. The summed E-state index contributed by atoms with van der Waals surface area (Å²) < 4.78 is 11.1. The van der Waals surface area contributed by atoms with E-state index in [0.29, 0.717) is 22.4 Å². The van der Waals surface area contributed by atoms with E-state index in [4.69, 9.17) is 20.3 Å². The number of nitrogens with zero attached hydrogens (tertiary/aromatic N) is 2. The van der Waals surface area contributed by atoms with E-state index in [9.17, 15) is 14.4 Å². The SMILES string of the molecule is COc1ccc2c(c1)C(=O)N(CC1(c3cc4nc(C(=N)N)ccc4o3)NC(=O)NC1=O)C2. The second-order valence-corrected chi connectivity index (χ2v) is 7.60. The first-order valence-electron chi connectivity index (χ1n) is 9.66. The number of imide groups is 1. The lowest BCUT2D eigenvalue weighted by Crippen LogP contribution is -2.52. The molecule has 0 saturated carbocycles. The lowest BCUT2D eigenvalue weighted by Gasteiger charge is -2.28. The predicted molar refractivity (Wildman–Crippen MR) is 111 cm³/mol. The zero-order valence-corrected chi connectivity index (χ0v) is 16.9. The summed E-state index contributed by atoms with van der Waals surface area (Å²) in [4.78, 5) is 43.8. The Labute approximate surface area is 181 Å². The summed E-state index contributed by atoms with van der Waals surface area (Å²) in [5, 5.41) is 12.4. The van der Waals surface area contributed by atoms with Gasteiger partial charge in [-0.1, -0.05) is 6.07 Å². The molecule has 0 bridgehead atoms. The zero-order valence-electron chi connectivity index (χ0n) is 16.9. The van der Waals surface area contributed by atoms with Gasteiger partial charge in [-0.15, -0.1) is 0 Å². The van der Waals surface area contributed by atoms with Gasteiger partial charge in [0.1, 0.15) is 28.6 Å². The van der Waals surface area contributed by atoms with Crippen LogP contribution in [0.2, 0.25) is 0 Å². The van der Waals surface area contributed by atoms with Crippen molar-refractivity contribution in [1.82, 2.24) is 20.5 Å². The number of pyridine rings is 1. The molecule has 5 N–H and O–H groups in total. The summed E-state index contributed by atoms with van der Waals surface area (Å²) in [7, 11) is 1.51. The van der Waals surface area contributed by atoms with Gasteiger partial charge in [0, 0.05) is 18.2 Å². The van der Waals surface area contributed by atoms with Gasteiger partial charge in [0.25, 0.3) is 11.8 Å². The number of benzene rings is 1. The van der Waals surface area contributed by atoms with Crippen LogP contribution in [0.5, 0.6) is 5.75 Å². The van der Waals surface area contributed by atoms with Gasteiger partial charge in [0.2, 0.25) is 0 Å². The lowest BCUT2D eigenvalue weighted by molar-refractivity contribution is -0.125. The molecule has 0 aliphatic carbocycles. The first-order chi connectivity index (χ1) is 15.3. The van der Waals surface area contributed by atoms with E-state index in [2.05, 4.69) is 15.6 Å². The number of hydrogen-bond donors (Lipinski definition) is 4. The minimum atomic E-state index is -1.64. The standard InChI is InChI=1S/C21H18N6O5/c1-31-11-3-2-10-8-27(18(28)12(10)6-11)9-21(19(29)25-20(30)26-21)16-7-14-15(32-16)5-4-13(24-14)17(22)23/h2-7H,8-9H2,1H3,(H3,22,23)(H2,25,26,29,30). The number of amides is 4. The van der Waals surface area contributed by atoms with Gasteiger partial charge in [-0.3, -0.25) is 20.3 Å². The van der Waals surface area contributed by atoms with Crippen LogP contribution in [0.3, 0.4) is 0 Å². The van der Waals surface area contributed by atoms with Crippen LogP contribution in [0.4, 0.5) is 4.79 Å². The van der Waals surface area contributed by atoms with Crippen molar-refractivity contribution in [3.8, 4) is 5.75 Å². The molecule has 11 nitrogen and oxygen atoms in total. The van der Waals surface area contributed by atoms with Crippen molar-refractivity contribution >= 4 is 34.8 Å². The highest BCUT2D eigenvalue weighted by molar-refractivity contribution is 6.08. The maximum absolute atomic E-state index is 13.1. The second-order valence-electron chi connectivity index (χ2n) is 7.60. The van der Waals surface area contributed by atoms with Gasteiger partial charge in [-0.2, -0.15) is 0 Å². The number of furan rings is 1. The summed E-state index contributed by atoms with van der Waals surface area (Å²) in [6.45, 7) is 0.107. The average Bonchev–Trinajstić information content (AvgIpc) is 3.41. The fraction of sp³-hybridized carbons (Fsp3) is 0.190. The van der Waals surface area contributed by atoms with Crippen LogP contribution in [0.25, 0.3) is 11.1 Å².